The predicted octanol–water partition coefficient (Wildman–Crippen LogP) is 2.24. The van der Waals surface area contributed by atoms with E-state index in [4.69, 9.17) is 5.11 Å². The summed E-state index contributed by atoms with van der Waals surface area (Å²) in [5.41, 5.74) is 1.40. The fourth-order valence-electron chi connectivity index (χ4n) is 2.84. The number of rotatable bonds is 2. The third-order valence-corrected chi connectivity index (χ3v) is 3.83. The van der Waals surface area contributed by atoms with E-state index in [0.717, 1.165) is 16.3 Å². The Morgan fingerprint density at radius 3 is 2.60 bits per heavy atom. The van der Waals surface area contributed by atoms with Gasteiger partial charge in [0.1, 0.15) is 0 Å². The van der Waals surface area contributed by atoms with E-state index in [2.05, 4.69) is 0 Å². The Balaban J connectivity index is 2.11. The molecule has 2 aromatic rings. The molecule has 1 aliphatic rings. The summed E-state index contributed by atoms with van der Waals surface area (Å²) < 4.78 is 0. The van der Waals surface area contributed by atoms with Crippen LogP contribution in [0.25, 0.3) is 10.8 Å². The van der Waals surface area contributed by atoms with Crippen molar-refractivity contribution < 1.29 is 19.5 Å². The van der Waals surface area contributed by atoms with Crippen molar-refractivity contribution in [1.29, 1.82) is 0 Å². The molecule has 0 saturated carbocycles. The largest absolute Gasteiger partial charge is 0.475 e. The molecule has 20 heavy (non-hydrogen) atoms. The zero-order valence-electron chi connectivity index (χ0n) is 10.6. The number of fused-ring (bicyclic) bond motifs is 3. The monoisotopic (exact) mass is 268 g/mol. The second-order valence-corrected chi connectivity index (χ2v) is 4.94. The molecule has 0 fully saturated rings. The highest BCUT2D eigenvalue weighted by Gasteiger charge is 2.36. The van der Waals surface area contributed by atoms with Crippen LogP contribution in [0.5, 0.6) is 0 Å². The maximum atomic E-state index is 12.3. The molecule has 1 N–H and O–H groups in total. The Kier molecular flexibility index (Phi) is 2.86. The van der Waals surface area contributed by atoms with Crippen LogP contribution in [0.15, 0.2) is 36.4 Å². The third-order valence-electron chi connectivity index (χ3n) is 3.83. The lowest BCUT2D eigenvalue weighted by molar-refractivity contribution is -0.150. The highest BCUT2D eigenvalue weighted by molar-refractivity contribution is 6.39. The highest BCUT2D eigenvalue weighted by atomic mass is 16.4. The van der Waals surface area contributed by atoms with Crippen LogP contribution in [0.1, 0.15) is 22.3 Å². The summed E-state index contributed by atoms with van der Waals surface area (Å²) in [6, 6.07) is 11.3. The first-order valence-electron chi connectivity index (χ1n) is 6.41. The molecule has 3 rings (SSSR count). The van der Waals surface area contributed by atoms with E-state index in [0.29, 0.717) is 12.0 Å². The molecule has 4 heteroatoms. The lowest BCUT2D eigenvalue weighted by Gasteiger charge is -2.22. The van der Waals surface area contributed by atoms with E-state index < -0.39 is 17.7 Å². The Morgan fingerprint density at radius 1 is 1.10 bits per heavy atom. The smallest absolute Gasteiger partial charge is 0.372 e. The van der Waals surface area contributed by atoms with Crippen LogP contribution in [0.2, 0.25) is 0 Å². The van der Waals surface area contributed by atoms with Gasteiger partial charge in [0.05, 0.1) is 5.92 Å². The van der Waals surface area contributed by atoms with E-state index in [9.17, 15) is 14.4 Å². The molecule has 1 aliphatic carbocycles. The molecule has 0 radical (unpaired) electrons. The first kappa shape index (κ1) is 12.5. The number of carboxylic acids is 1. The topological polar surface area (TPSA) is 71.4 Å². The van der Waals surface area contributed by atoms with Crippen molar-refractivity contribution in [3.8, 4) is 0 Å². The van der Waals surface area contributed by atoms with Crippen molar-refractivity contribution >= 4 is 28.3 Å². The summed E-state index contributed by atoms with van der Waals surface area (Å²) in [6.07, 6.45) is 0.817. The zero-order chi connectivity index (χ0) is 14.3. The number of Topliss-reactive ketones (excluding diaryl/α,β-unsaturated/α-hetero) is 2. The third kappa shape index (κ3) is 1.81. The lowest BCUT2D eigenvalue weighted by Crippen LogP contribution is -2.33. The van der Waals surface area contributed by atoms with Gasteiger partial charge < -0.3 is 5.11 Å². The minimum atomic E-state index is -1.53. The maximum Gasteiger partial charge on any atom is 0.372 e. The molecule has 0 aliphatic heterocycles. The van der Waals surface area contributed by atoms with Crippen molar-refractivity contribution in [2.75, 3.05) is 0 Å². The maximum absolute atomic E-state index is 12.3. The molecule has 0 saturated heterocycles. The van der Waals surface area contributed by atoms with Gasteiger partial charge in [0.2, 0.25) is 0 Å². The standard InChI is InChI=1S/C16H12O4/c17-14-12-6-5-9-3-1-2-4-10(9)11(12)7-8-13(14)15(18)16(19)20/h1-6,13H,7-8H2,(H,19,20)/t13-/m0/s1. The van der Waals surface area contributed by atoms with Crippen LogP contribution in [-0.2, 0) is 16.0 Å². The lowest BCUT2D eigenvalue weighted by atomic mass is 9.79. The van der Waals surface area contributed by atoms with E-state index in [-0.39, 0.29) is 12.2 Å². The summed E-state index contributed by atoms with van der Waals surface area (Å²) in [5, 5.41) is 10.8. The average Bonchev–Trinajstić information content (AvgIpc) is 2.46. The second kappa shape index (κ2) is 4.56. The van der Waals surface area contributed by atoms with Crippen LogP contribution >= 0.6 is 0 Å². The molecule has 0 unspecified atom stereocenters. The molecule has 100 valence electrons. The van der Waals surface area contributed by atoms with Crippen molar-refractivity contribution in [3.63, 3.8) is 0 Å². The van der Waals surface area contributed by atoms with Gasteiger partial charge in [-0.05, 0) is 29.2 Å². The van der Waals surface area contributed by atoms with E-state index in [1.807, 2.05) is 30.3 Å². The summed E-state index contributed by atoms with van der Waals surface area (Å²) in [5.74, 6) is -3.95. The molecule has 0 spiro atoms. The molecule has 0 amide bonds. The average molecular weight is 268 g/mol. The Bertz CT molecular complexity index is 745. The Morgan fingerprint density at radius 2 is 1.85 bits per heavy atom. The summed E-state index contributed by atoms with van der Waals surface area (Å²) >= 11 is 0. The number of benzene rings is 2. The number of ketones is 2. The quantitative estimate of drug-likeness (QED) is 0.669. The van der Waals surface area contributed by atoms with Gasteiger partial charge >= 0.3 is 5.97 Å². The summed E-state index contributed by atoms with van der Waals surface area (Å²) in [7, 11) is 0. The summed E-state index contributed by atoms with van der Waals surface area (Å²) in [6.45, 7) is 0. The van der Waals surface area contributed by atoms with Gasteiger partial charge in [0.15, 0.2) is 5.78 Å². The fraction of sp³-hybridized carbons (Fsp3) is 0.188. The molecular formula is C16H12O4. The van der Waals surface area contributed by atoms with Gasteiger partial charge in [-0.25, -0.2) is 4.79 Å². The van der Waals surface area contributed by atoms with Crippen molar-refractivity contribution in [2.45, 2.75) is 12.8 Å². The van der Waals surface area contributed by atoms with Gasteiger partial charge in [-0.2, -0.15) is 0 Å². The molecule has 0 aromatic heterocycles. The minimum Gasteiger partial charge on any atom is -0.475 e. The highest BCUT2D eigenvalue weighted by Crippen LogP contribution is 2.31. The first-order valence-corrected chi connectivity index (χ1v) is 6.41. The number of carbonyl (C=O) groups excluding carboxylic acids is 2. The number of carbonyl (C=O) groups is 3. The minimum absolute atomic E-state index is 0.269. The van der Waals surface area contributed by atoms with E-state index in [1.54, 1.807) is 6.07 Å². The Hall–Kier alpha value is -2.49. The molecule has 0 heterocycles. The van der Waals surface area contributed by atoms with Crippen molar-refractivity contribution in [2.24, 2.45) is 5.92 Å². The van der Waals surface area contributed by atoms with Crippen molar-refractivity contribution in [3.05, 3.63) is 47.5 Å². The van der Waals surface area contributed by atoms with E-state index in [1.165, 1.54) is 0 Å². The number of hydrogen-bond acceptors (Lipinski definition) is 3. The van der Waals surface area contributed by atoms with Gasteiger partial charge in [-0.15, -0.1) is 0 Å². The number of hydrogen-bond donors (Lipinski definition) is 1. The fourth-order valence-corrected chi connectivity index (χ4v) is 2.84. The summed E-state index contributed by atoms with van der Waals surface area (Å²) in [4.78, 5) is 34.7. The van der Waals surface area contributed by atoms with Gasteiger partial charge in [0, 0.05) is 5.56 Å². The van der Waals surface area contributed by atoms with Crippen LogP contribution < -0.4 is 0 Å². The molecular weight excluding hydrogens is 256 g/mol. The molecule has 2 aromatic carbocycles. The Labute approximate surface area is 115 Å². The normalized spacial score (nSPS) is 17.8. The first-order chi connectivity index (χ1) is 9.59. The SMILES string of the molecule is O=C(O)C(=O)[C@H]1CCc2c(ccc3ccccc23)C1=O. The number of aryl methyl sites for hydroxylation is 1. The molecule has 4 nitrogen and oxygen atoms in total. The van der Waals surface area contributed by atoms with Gasteiger partial charge in [-0.3, -0.25) is 9.59 Å². The zero-order valence-corrected chi connectivity index (χ0v) is 10.6. The number of aliphatic carboxylic acids is 1. The van der Waals surface area contributed by atoms with Crippen molar-refractivity contribution in [1.82, 2.24) is 0 Å². The van der Waals surface area contributed by atoms with Crippen LogP contribution in [0.4, 0.5) is 0 Å². The van der Waals surface area contributed by atoms with Gasteiger partial charge in [0.25, 0.3) is 5.78 Å². The molecule has 0 bridgehead atoms. The van der Waals surface area contributed by atoms with Crippen LogP contribution in [0, 0.1) is 5.92 Å². The van der Waals surface area contributed by atoms with Gasteiger partial charge in [-0.1, -0.05) is 36.4 Å². The van der Waals surface area contributed by atoms with Crippen LogP contribution in [0.3, 0.4) is 0 Å². The second-order valence-electron chi connectivity index (χ2n) is 4.94. The van der Waals surface area contributed by atoms with E-state index >= 15 is 0 Å². The number of carboxylic acid groups (broad SMARTS) is 1. The molecule has 1 atom stereocenters. The van der Waals surface area contributed by atoms with Crippen LogP contribution in [-0.4, -0.2) is 22.6 Å². The predicted molar refractivity (Wildman–Crippen MR) is 72.7 cm³/mol.